The van der Waals surface area contributed by atoms with Crippen LogP contribution < -0.4 is 17.2 Å². The Morgan fingerprint density at radius 1 is 1.00 bits per heavy atom. The summed E-state index contributed by atoms with van der Waals surface area (Å²) in [6, 6.07) is 0. The molecule has 6 heteroatoms. The third-order valence-corrected chi connectivity index (χ3v) is 1.73. The number of hydrogen-bond acceptors (Lipinski definition) is 5. The predicted octanol–water partition coefficient (Wildman–Crippen LogP) is -0.0143. The van der Waals surface area contributed by atoms with E-state index < -0.39 is 0 Å². The molecule has 0 radical (unpaired) electrons. The standard InChI is InChI=1S/C4H6BrN5/c5-1-2(6)9-4(8)10-3(1)7/h(H6,6,7,8,9,10). The highest BCUT2D eigenvalue weighted by Gasteiger charge is 2.03. The highest BCUT2D eigenvalue weighted by molar-refractivity contribution is 9.10. The van der Waals surface area contributed by atoms with Crippen LogP contribution in [-0.4, -0.2) is 9.97 Å². The van der Waals surface area contributed by atoms with Gasteiger partial charge >= 0.3 is 0 Å². The second kappa shape index (κ2) is 2.30. The van der Waals surface area contributed by atoms with E-state index in [0.29, 0.717) is 4.47 Å². The first-order chi connectivity index (χ1) is 4.61. The summed E-state index contributed by atoms with van der Waals surface area (Å²) < 4.78 is 0.488. The third-order valence-electron chi connectivity index (χ3n) is 0.920. The molecule has 10 heavy (non-hydrogen) atoms. The van der Waals surface area contributed by atoms with Crippen LogP contribution in [-0.2, 0) is 0 Å². The van der Waals surface area contributed by atoms with Crippen LogP contribution in [0.4, 0.5) is 17.6 Å². The zero-order valence-electron chi connectivity index (χ0n) is 5.00. The van der Waals surface area contributed by atoms with E-state index in [4.69, 9.17) is 17.2 Å². The largest absolute Gasteiger partial charge is 0.383 e. The molecular weight excluding hydrogens is 198 g/mol. The van der Waals surface area contributed by atoms with Crippen molar-refractivity contribution >= 4 is 33.5 Å². The molecule has 1 rings (SSSR count). The molecule has 0 amide bonds. The molecule has 0 spiro atoms. The molecular formula is C4H6BrN5. The number of aromatic nitrogens is 2. The first kappa shape index (κ1) is 7.07. The zero-order chi connectivity index (χ0) is 7.72. The number of rotatable bonds is 0. The average Bonchev–Trinajstić information content (AvgIpc) is 1.82. The SMILES string of the molecule is Nc1nc(N)c(Br)c(N)n1. The minimum atomic E-state index is 0.0817. The van der Waals surface area contributed by atoms with E-state index in [1.165, 1.54) is 0 Å². The van der Waals surface area contributed by atoms with E-state index in [9.17, 15) is 0 Å². The number of nitrogens with two attached hydrogens (primary N) is 3. The van der Waals surface area contributed by atoms with Crippen molar-refractivity contribution in [2.75, 3.05) is 17.2 Å². The molecule has 0 aliphatic heterocycles. The highest BCUT2D eigenvalue weighted by atomic mass is 79.9. The van der Waals surface area contributed by atoms with E-state index >= 15 is 0 Å². The van der Waals surface area contributed by atoms with Crippen molar-refractivity contribution in [2.24, 2.45) is 0 Å². The topological polar surface area (TPSA) is 104 Å². The summed E-state index contributed by atoms with van der Waals surface area (Å²) in [6.45, 7) is 0. The van der Waals surface area contributed by atoms with Gasteiger partial charge in [0.2, 0.25) is 5.95 Å². The lowest BCUT2D eigenvalue weighted by molar-refractivity contribution is 1.19. The maximum absolute atomic E-state index is 5.36. The Hall–Kier alpha value is -1.04. The molecule has 0 aromatic carbocycles. The van der Waals surface area contributed by atoms with Gasteiger partial charge < -0.3 is 17.2 Å². The minimum Gasteiger partial charge on any atom is -0.383 e. The van der Waals surface area contributed by atoms with Crippen LogP contribution in [0.2, 0.25) is 0 Å². The fraction of sp³-hybridized carbons (Fsp3) is 0. The monoisotopic (exact) mass is 203 g/mol. The maximum Gasteiger partial charge on any atom is 0.224 e. The summed E-state index contributed by atoms with van der Waals surface area (Å²) in [4.78, 5) is 7.30. The van der Waals surface area contributed by atoms with Gasteiger partial charge in [-0.15, -0.1) is 0 Å². The molecule has 0 unspecified atom stereocenters. The second-order valence-electron chi connectivity index (χ2n) is 1.67. The minimum absolute atomic E-state index is 0.0817. The molecule has 0 atom stereocenters. The van der Waals surface area contributed by atoms with Crippen LogP contribution in [0.15, 0.2) is 4.47 Å². The van der Waals surface area contributed by atoms with Gasteiger partial charge in [0.1, 0.15) is 16.1 Å². The summed E-state index contributed by atoms with van der Waals surface area (Å²) in [5, 5.41) is 0. The molecule has 0 saturated carbocycles. The van der Waals surface area contributed by atoms with Crippen molar-refractivity contribution in [2.45, 2.75) is 0 Å². The molecule has 54 valence electrons. The first-order valence-electron chi connectivity index (χ1n) is 2.45. The lowest BCUT2D eigenvalue weighted by Gasteiger charge is -2.00. The highest BCUT2D eigenvalue weighted by Crippen LogP contribution is 2.22. The van der Waals surface area contributed by atoms with Crippen molar-refractivity contribution in [3.05, 3.63) is 4.47 Å². The summed E-state index contributed by atoms with van der Waals surface area (Å²) >= 11 is 3.08. The molecule has 1 aromatic rings. The Labute approximate surface area is 65.8 Å². The van der Waals surface area contributed by atoms with Crippen molar-refractivity contribution < 1.29 is 0 Å². The molecule has 0 aliphatic rings. The van der Waals surface area contributed by atoms with Crippen LogP contribution in [0.25, 0.3) is 0 Å². The van der Waals surface area contributed by atoms with E-state index in [0.717, 1.165) is 0 Å². The fourth-order valence-corrected chi connectivity index (χ4v) is 0.679. The third kappa shape index (κ3) is 1.10. The second-order valence-corrected chi connectivity index (χ2v) is 2.46. The van der Waals surface area contributed by atoms with Crippen LogP contribution >= 0.6 is 15.9 Å². The molecule has 0 bridgehead atoms. The number of hydrogen-bond donors (Lipinski definition) is 3. The Balaban J connectivity index is 3.31. The molecule has 5 nitrogen and oxygen atoms in total. The first-order valence-corrected chi connectivity index (χ1v) is 3.24. The number of anilines is 3. The number of nitrogens with zero attached hydrogens (tertiary/aromatic N) is 2. The van der Waals surface area contributed by atoms with Crippen molar-refractivity contribution in [3.63, 3.8) is 0 Å². The average molecular weight is 204 g/mol. The lowest BCUT2D eigenvalue weighted by Crippen LogP contribution is -2.04. The smallest absolute Gasteiger partial charge is 0.224 e. The van der Waals surface area contributed by atoms with Gasteiger partial charge in [0.05, 0.1) is 0 Å². The summed E-state index contributed by atoms with van der Waals surface area (Å²) in [6.07, 6.45) is 0. The lowest BCUT2D eigenvalue weighted by atomic mass is 10.5. The Morgan fingerprint density at radius 3 is 1.80 bits per heavy atom. The van der Waals surface area contributed by atoms with Crippen LogP contribution in [0.1, 0.15) is 0 Å². The van der Waals surface area contributed by atoms with Crippen LogP contribution in [0, 0.1) is 0 Å². The maximum atomic E-state index is 5.36. The molecule has 0 saturated heterocycles. The quantitative estimate of drug-likeness (QED) is 0.551. The number of halogens is 1. The van der Waals surface area contributed by atoms with Crippen LogP contribution in [0.3, 0.4) is 0 Å². The molecule has 0 fully saturated rings. The Bertz CT molecular complexity index is 237. The van der Waals surface area contributed by atoms with E-state index in [1.54, 1.807) is 0 Å². The van der Waals surface area contributed by atoms with Gasteiger partial charge in [-0.1, -0.05) is 0 Å². The fourth-order valence-electron chi connectivity index (χ4n) is 0.501. The normalized spacial score (nSPS) is 9.70. The summed E-state index contributed by atoms with van der Waals surface area (Å²) in [5.41, 5.74) is 16.0. The Morgan fingerprint density at radius 2 is 1.40 bits per heavy atom. The van der Waals surface area contributed by atoms with E-state index in [1.807, 2.05) is 0 Å². The predicted molar refractivity (Wildman–Crippen MR) is 43.0 cm³/mol. The zero-order valence-corrected chi connectivity index (χ0v) is 6.59. The van der Waals surface area contributed by atoms with E-state index in [-0.39, 0.29) is 17.6 Å². The summed E-state index contributed by atoms with van der Waals surface area (Å²) in [5.74, 6) is 0.591. The molecule has 6 N–H and O–H groups in total. The van der Waals surface area contributed by atoms with Gasteiger partial charge in [0.15, 0.2) is 0 Å². The van der Waals surface area contributed by atoms with Crippen LogP contribution in [0.5, 0.6) is 0 Å². The van der Waals surface area contributed by atoms with Crippen molar-refractivity contribution in [1.82, 2.24) is 9.97 Å². The molecule has 1 aromatic heterocycles. The summed E-state index contributed by atoms with van der Waals surface area (Å²) in [7, 11) is 0. The number of nitrogen functional groups attached to an aromatic ring is 3. The van der Waals surface area contributed by atoms with Crippen molar-refractivity contribution in [3.8, 4) is 0 Å². The molecule has 1 heterocycles. The van der Waals surface area contributed by atoms with Gasteiger partial charge in [0, 0.05) is 0 Å². The van der Waals surface area contributed by atoms with Crippen molar-refractivity contribution in [1.29, 1.82) is 0 Å². The van der Waals surface area contributed by atoms with Gasteiger partial charge in [-0.05, 0) is 15.9 Å². The van der Waals surface area contributed by atoms with Gasteiger partial charge in [-0.3, -0.25) is 0 Å². The van der Waals surface area contributed by atoms with Gasteiger partial charge in [-0.2, -0.15) is 9.97 Å². The van der Waals surface area contributed by atoms with Gasteiger partial charge in [0.25, 0.3) is 0 Å². The van der Waals surface area contributed by atoms with E-state index in [2.05, 4.69) is 25.9 Å². The molecule has 0 aliphatic carbocycles. The van der Waals surface area contributed by atoms with Gasteiger partial charge in [-0.25, -0.2) is 0 Å². The Kier molecular flexibility index (Phi) is 1.62.